The fourth-order valence-electron chi connectivity index (χ4n) is 1.87. The predicted octanol–water partition coefficient (Wildman–Crippen LogP) is 2.67. The van der Waals surface area contributed by atoms with Gasteiger partial charge in [0, 0.05) is 0 Å². The second kappa shape index (κ2) is 1.73. The number of hydrogen-bond donors (Lipinski definition) is 0. The molecular formula is C9H12. The molecule has 48 valence electrons. The Bertz CT molecular complexity index is 184. The van der Waals surface area contributed by atoms with E-state index in [0.717, 1.165) is 5.92 Å². The lowest BCUT2D eigenvalue weighted by molar-refractivity contribution is 0.676. The highest BCUT2D eigenvalue weighted by Gasteiger charge is 2.21. The van der Waals surface area contributed by atoms with Gasteiger partial charge in [0.1, 0.15) is 0 Å². The fraction of sp³-hybridized carbons (Fsp3) is 0.556. The molecule has 0 bridgehead atoms. The Labute approximate surface area is 56.3 Å². The molecule has 0 aromatic rings. The van der Waals surface area contributed by atoms with Gasteiger partial charge >= 0.3 is 0 Å². The van der Waals surface area contributed by atoms with E-state index in [9.17, 15) is 0 Å². The van der Waals surface area contributed by atoms with E-state index in [1.54, 1.807) is 11.1 Å². The molecule has 0 amide bonds. The van der Waals surface area contributed by atoms with Crippen LogP contribution >= 0.6 is 0 Å². The highest BCUT2D eigenvalue weighted by atomic mass is 14.3. The molecule has 0 N–H and O–H groups in total. The van der Waals surface area contributed by atoms with Crippen LogP contribution in [0.3, 0.4) is 0 Å². The molecule has 0 saturated heterocycles. The Morgan fingerprint density at radius 1 is 1.56 bits per heavy atom. The topological polar surface area (TPSA) is 0 Å². The molecule has 0 saturated carbocycles. The standard InChI is InChI=1S/C9H12/c1-7-5-6-8-3-2-4-9(7)8/h2,4,7H,3,5-6H2,1H3/t7-/m0/s1. The second-order valence-electron chi connectivity index (χ2n) is 3.11. The molecule has 0 heteroatoms. The van der Waals surface area contributed by atoms with Gasteiger partial charge in [-0.2, -0.15) is 0 Å². The summed E-state index contributed by atoms with van der Waals surface area (Å²) in [5.41, 5.74) is 3.36. The van der Waals surface area contributed by atoms with Crippen molar-refractivity contribution in [3.8, 4) is 0 Å². The van der Waals surface area contributed by atoms with Crippen molar-refractivity contribution in [3.05, 3.63) is 23.3 Å². The lowest BCUT2D eigenvalue weighted by atomic mass is 10.1. The van der Waals surface area contributed by atoms with Crippen molar-refractivity contribution in [2.75, 3.05) is 0 Å². The average molecular weight is 120 g/mol. The zero-order chi connectivity index (χ0) is 6.27. The van der Waals surface area contributed by atoms with Crippen LogP contribution in [0.1, 0.15) is 26.2 Å². The molecule has 0 aromatic heterocycles. The predicted molar refractivity (Wildman–Crippen MR) is 39.2 cm³/mol. The lowest BCUT2D eigenvalue weighted by Crippen LogP contribution is -1.87. The first-order valence-corrected chi connectivity index (χ1v) is 3.76. The van der Waals surface area contributed by atoms with Crippen LogP contribution in [0, 0.1) is 5.92 Å². The molecule has 0 fully saturated rings. The molecule has 0 nitrogen and oxygen atoms in total. The summed E-state index contributed by atoms with van der Waals surface area (Å²) in [7, 11) is 0. The summed E-state index contributed by atoms with van der Waals surface area (Å²) in [6.07, 6.45) is 8.62. The molecule has 0 spiro atoms. The maximum atomic E-state index is 2.33. The van der Waals surface area contributed by atoms with E-state index in [0.29, 0.717) is 0 Å². The van der Waals surface area contributed by atoms with Gasteiger partial charge in [0.05, 0.1) is 0 Å². The zero-order valence-corrected chi connectivity index (χ0v) is 5.85. The minimum atomic E-state index is 0.860. The van der Waals surface area contributed by atoms with Gasteiger partial charge in [-0.05, 0) is 30.8 Å². The Balaban J connectivity index is 2.33. The van der Waals surface area contributed by atoms with Crippen molar-refractivity contribution in [2.24, 2.45) is 5.92 Å². The van der Waals surface area contributed by atoms with Crippen LogP contribution in [-0.4, -0.2) is 0 Å². The number of allylic oxidation sites excluding steroid dienone is 4. The maximum absolute atomic E-state index is 2.33. The second-order valence-corrected chi connectivity index (χ2v) is 3.11. The summed E-state index contributed by atoms with van der Waals surface area (Å²) in [6, 6.07) is 0. The molecule has 2 aliphatic carbocycles. The Morgan fingerprint density at radius 3 is 3.22 bits per heavy atom. The SMILES string of the molecule is C[C@H]1CCC2=C1C=CC2. The Morgan fingerprint density at radius 2 is 2.44 bits per heavy atom. The normalized spacial score (nSPS) is 31.9. The summed E-state index contributed by atoms with van der Waals surface area (Å²) in [4.78, 5) is 0. The first-order valence-electron chi connectivity index (χ1n) is 3.76. The molecule has 9 heavy (non-hydrogen) atoms. The molecule has 1 atom stereocenters. The van der Waals surface area contributed by atoms with E-state index in [4.69, 9.17) is 0 Å². The largest absolute Gasteiger partial charge is 0.0802 e. The monoisotopic (exact) mass is 120 g/mol. The molecule has 2 aliphatic rings. The highest BCUT2D eigenvalue weighted by molar-refractivity contribution is 5.38. The van der Waals surface area contributed by atoms with Gasteiger partial charge in [0.15, 0.2) is 0 Å². The third-order valence-electron chi connectivity index (χ3n) is 2.48. The fourth-order valence-corrected chi connectivity index (χ4v) is 1.87. The maximum Gasteiger partial charge on any atom is -0.0130 e. The minimum absolute atomic E-state index is 0.860. The van der Waals surface area contributed by atoms with E-state index in [-0.39, 0.29) is 0 Å². The van der Waals surface area contributed by atoms with Crippen LogP contribution < -0.4 is 0 Å². The van der Waals surface area contributed by atoms with Crippen LogP contribution in [-0.2, 0) is 0 Å². The lowest BCUT2D eigenvalue weighted by Gasteiger charge is -2.00. The van der Waals surface area contributed by atoms with Crippen LogP contribution in [0.15, 0.2) is 23.3 Å². The van der Waals surface area contributed by atoms with Gasteiger partial charge in [-0.15, -0.1) is 0 Å². The van der Waals surface area contributed by atoms with E-state index in [1.807, 2.05) is 0 Å². The number of rotatable bonds is 0. The quantitative estimate of drug-likeness (QED) is 0.461. The molecule has 0 aromatic carbocycles. The van der Waals surface area contributed by atoms with Crippen LogP contribution in [0.5, 0.6) is 0 Å². The van der Waals surface area contributed by atoms with E-state index in [1.165, 1.54) is 19.3 Å². The van der Waals surface area contributed by atoms with Gasteiger partial charge in [0.2, 0.25) is 0 Å². The molecule has 0 unspecified atom stereocenters. The van der Waals surface area contributed by atoms with E-state index in [2.05, 4.69) is 19.1 Å². The molecule has 2 rings (SSSR count). The van der Waals surface area contributed by atoms with Crippen molar-refractivity contribution < 1.29 is 0 Å². The van der Waals surface area contributed by atoms with Crippen LogP contribution in [0.25, 0.3) is 0 Å². The van der Waals surface area contributed by atoms with Crippen molar-refractivity contribution >= 4 is 0 Å². The summed E-state index contributed by atoms with van der Waals surface area (Å²) < 4.78 is 0. The Kier molecular flexibility index (Phi) is 1.01. The van der Waals surface area contributed by atoms with Gasteiger partial charge in [-0.1, -0.05) is 24.6 Å². The van der Waals surface area contributed by atoms with Crippen molar-refractivity contribution in [1.29, 1.82) is 0 Å². The number of hydrogen-bond acceptors (Lipinski definition) is 0. The zero-order valence-electron chi connectivity index (χ0n) is 5.85. The third kappa shape index (κ3) is 0.658. The third-order valence-corrected chi connectivity index (χ3v) is 2.48. The highest BCUT2D eigenvalue weighted by Crippen LogP contribution is 2.37. The van der Waals surface area contributed by atoms with Gasteiger partial charge in [-0.25, -0.2) is 0 Å². The summed E-state index contributed by atoms with van der Waals surface area (Å²) >= 11 is 0. The Hall–Kier alpha value is -0.520. The first-order chi connectivity index (χ1) is 4.38. The summed E-state index contributed by atoms with van der Waals surface area (Å²) in [6.45, 7) is 2.33. The van der Waals surface area contributed by atoms with Crippen LogP contribution in [0.2, 0.25) is 0 Å². The smallest absolute Gasteiger partial charge is 0.0130 e. The summed E-state index contributed by atoms with van der Waals surface area (Å²) in [5, 5.41) is 0. The summed E-state index contributed by atoms with van der Waals surface area (Å²) in [5.74, 6) is 0.860. The van der Waals surface area contributed by atoms with Crippen molar-refractivity contribution in [3.63, 3.8) is 0 Å². The minimum Gasteiger partial charge on any atom is -0.0802 e. The molecule has 0 aliphatic heterocycles. The van der Waals surface area contributed by atoms with Crippen molar-refractivity contribution in [2.45, 2.75) is 26.2 Å². The van der Waals surface area contributed by atoms with E-state index < -0.39 is 0 Å². The van der Waals surface area contributed by atoms with Crippen LogP contribution in [0.4, 0.5) is 0 Å². The van der Waals surface area contributed by atoms with E-state index >= 15 is 0 Å². The first kappa shape index (κ1) is 5.28. The average Bonchev–Trinajstić information content (AvgIpc) is 2.35. The molecule has 0 radical (unpaired) electrons. The molecule has 0 heterocycles. The van der Waals surface area contributed by atoms with Gasteiger partial charge in [-0.3, -0.25) is 0 Å². The molecular weight excluding hydrogens is 108 g/mol. The van der Waals surface area contributed by atoms with Gasteiger partial charge < -0.3 is 0 Å². The van der Waals surface area contributed by atoms with Crippen molar-refractivity contribution in [1.82, 2.24) is 0 Å². The van der Waals surface area contributed by atoms with Gasteiger partial charge in [0.25, 0.3) is 0 Å².